The van der Waals surface area contributed by atoms with Crippen molar-refractivity contribution in [3.8, 4) is 0 Å². The molecule has 1 saturated carbocycles. The lowest BCUT2D eigenvalue weighted by atomic mass is 9.77. The van der Waals surface area contributed by atoms with Crippen LogP contribution in [-0.2, 0) is 0 Å². The van der Waals surface area contributed by atoms with Crippen molar-refractivity contribution in [3.05, 3.63) is 0 Å². The van der Waals surface area contributed by atoms with E-state index in [0.29, 0.717) is 6.54 Å². The Morgan fingerprint density at radius 2 is 2.23 bits per heavy atom. The number of hydrogen-bond donors (Lipinski definition) is 2. The number of nitrogens with zero attached hydrogens (tertiary/aromatic N) is 1. The summed E-state index contributed by atoms with van der Waals surface area (Å²) < 4.78 is 0. The molecule has 0 atom stereocenters. The Bertz CT molecular complexity index is 184. The zero-order valence-corrected chi connectivity index (χ0v) is 8.47. The van der Waals surface area contributed by atoms with Crippen LogP contribution in [0.2, 0.25) is 0 Å². The van der Waals surface area contributed by atoms with E-state index in [1.165, 1.54) is 6.42 Å². The highest BCUT2D eigenvalue weighted by atomic mass is 16.2. The summed E-state index contributed by atoms with van der Waals surface area (Å²) in [6.45, 7) is 3.23. The minimum atomic E-state index is -0.0967. The van der Waals surface area contributed by atoms with Gasteiger partial charge in [0.25, 0.3) is 0 Å². The van der Waals surface area contributed by atoms with Gasteiger partial charge in [0.15, 0.2) is 0 Å². The third-order valence-electron chi connectivity index (χ3n) is 2.89. The molecule has 4 heteroatoms. The lowest BCUT2D eigenvalue weighted by molar-refractivity contribution is 0.162. The van der Waals surface area contributed by atoms with Gasteiger partial charge in [-0.1, -0.05) is 0 Å². The average Bonchev–Trinajstić information content (AvgIpc) is 2.09. The molecule has 0 unspecified atom stereocenters. The molecule has 1 aliphatic carbocycles. The second-order valence-corrected chi connectivity index (χ2v) is 3.78. The number of carbonyl (C=O) groups is 1. The molecule has 2 amide bonds. The largest absolute Gasteiger partial charge is 0.331 e. The van der Waals surface area contributed by atoms with Crippen molar-refractivity contribution >= 4 is 6.03 Å². The van der Waals surface area contributed by atoms with Crippen LogP contribution in [0.1, 0.15) is 26.2 Å². The molecular formula is C9H19N3O. The molecule has 0 aromatic carbocycles. The van der Waals surface area contributed by atoms with Gasteiger partial charge in [-0.3, -0.25) is 0 Å². The lowest BCUT2D eigenvalue weighted by Gasteiger charge is -2.42. The van der Waals surface area contributed by atoms with Crippen LogP contribution in [0, 0.1) is 0 Å². The molecule has 3 N–H and O–H groups in total. The van der Waals surface area contributed by atoms with Crippen LogP contribution >= 0.6 is 0 Å². The molecule has 0 radical (unpaired) electrons. The Kier molecular flexibility index (Phi) is 3.14. The Morgan fingerprint density at radius 1 is 1.62 bits per heavy atom. The van der Waals surface area contributed by atoms with E-state index in [1.807, 2.05) is 6.92 Å². The molecule has 1 rings (SSSR count). The first kappa shape index (κ1) is 10.3. The number of rotatable bonds is 3. The molecule has 1 aliphatic rings. The molecule has 1 fully saturated rings. The van der Waals surface area contributed by atoms with E-state index in [1.54, 1.807) is 11.9 Å². The smallest absolute Gasteiger partial charge is 0.317 e. The molecule has 0 aliphatic heterocycles. The van der Waals surface area contributed by atoms with Gasteiger partial charge in [-0.2, -0.15) is 0 Å². The monoisotopic (exact) mass is 185 g/mol. The first-order valence-electron chi connectivity index (χ1n) is 4.87. The first-order chi connectivity index (χ1) is 6.13. The van der Waals surface area contributed by atoms with Gasteiger partial charge in [-0.05, 0) is 26.2 Å². The van der Waals surface area contributed by atoms with Crippen LogP contribution in [-0.4, -0.2) is 36.6 Å². The number of hydrogen-bond acceptors (Lipinski definition) is 2. The number of amides is 2. The standard InChI is InChI=1S/C9H19N3O/c1-3-12(2)8(13)11-9(7-10)5-4-6-9/h3-7,10H2,1-2H3,(H,11,13). The van der Waals surface area contributed by atoms with Gasteiger partial charge in [0.05, 0.1) is 5.54 Å². The number of nitrogens with one attached hydrogen (secondary N) is 1. The predicted molar refractivity (Wildman–Crippen MR) is 52.5 cm³/mol. The highest BCUT2D eigenvalue weighted by Gasteiger charge is 2.37. The summed E-state index contributed by atoms with van der Waals surface area (Å²) in [5, 5.41) is 2.99. The van der Waals surface area contributed by atoms with Gasteiger partial charge in [-0.25, -0.2) is 4.79 Å². The minimum absolute atomic E-state index is 0.00681. The molecular weight excluding hydrogens is 166 g/mol. The first-order valence-corrected chi connectivity index (χ1v) is 4.87. The van der Waals surface area contributed by atoms with Crippen molar-refractivity contribution in [1.82, 2.24) is 10.2 Å². The van der Waals surface area contributed by atoms with Crippen LogP contribution < -0.4 is 11.1 Å². The SMILES string of the molecule is CCN(C)C(=O)NC1(CN)CCC1. The van der Waals surface area contributed by atoms with Gasteiger partial charge in [0.1, 0.15) is 0 Å². The zero-order valence-electron chi connectivity index (χ0n) is 8.47. The molecule has 4 nitrogen and oxygen atoms in total. The molecule has 0 heterocycles. The van der Waals surface area contributed by atoms with Gasteiger partial charge in [0.2, 0.25) is 0 Å². The zero-order chi connectivity index (χ0) is 9.90. The van der Waals surface area contributed by atoms with Crippen molar-refractivity contribution < 1.29 is 4.79 Å². The van der Waals surface area contributed by atoms with Crippen LogP contribution in [0.3, 0.4) is 0 Å². The summed E-state index contributed by atoms with van der Waals surface area (Å²) >= 11 is 0. The second-order valence-electron chi connectivity index (χ2n) is 3.78. The number of carbonyl (C=O) groups excluding carboxylic acids is 1. The number of urea groups is 1. The van der Waals surface area contributed by atoms with E-state index in [-0.39, 0.29) is 11.6 Å². The topological polar surface area (TPSA) is 58.4 Å². The fourth-order valence-corrected chi connectivity index (χ4v) is 1.45. The normalized spacial score (nSPS) is 19.0. The third kappa shape index (κ3) is 2.12. The highest BCUT2D eigenvalue weighted by Crippen LogP contribution is 2.30. The average molecular weight is 185 g/mol. The van der Waals surface area contributed by atoms with Gasteiger partial charge < -0.3 is 16.0 Å². The summed E-state index contributed by atoms with van der Waals surface area (Å²) in [5.41, 5.74) is 5.53. The second kappa shape index (κ2) is 3.96. The van der Waals surface area contributed by atoms with Crippen molar-refractivity contribution in [3.63, 3.8) is 0 Å². The van der Waals surface area contributed by atoms with Crippen molar-refractivity contribution in [2.75, 3.05) is 20.1 Å². The molecule has 0 bridgehead atoms. The Morgan fingerprint density at radius 3 is 2.54 bits per heavy atom. The third-order valence-corrected chi connectivity index (χ3v) is 2.89. The van der Waals surface area contributed by atoms with Crippen LogP contribution in [0.15, 0.2) is 0 Å². The van der Waals surface area contributed by atoms with Crippen molar-refractivity contribution in [1.29, 1.82) is 0 Å². The summed E-state index contributed by atoms with van der Waals surface area (Å²) in [5.74, 6) is 0. The van der Waals surface area contributed by atoms with Crippen LogP contribution in [0.4, 0.5) is 4.79 Å². The summed E-state index contributed by atoms with van der Waals surface area (Å²) in [4.78, 5) is 13.2. The highest BCUT2D eigenvalue weighted by molar-refractivity contribution is 5.74. The van der Waals surface area contributed by atoms with Gasteiger partial charge in [-0.15, -0.1) is 0 Å². The fourth-order valence-electron chi connectivity index (χ4n) is 1.45. The number of nitrogens with two attached hydrogens (primary N) is 1. The van der Waals surface area contributed by atoms with Crippen LogP contribution in [0.5, 0.6) is 0 Å². The van der Waals surface area contributed by atoms with E-state index < -0.39 is 0 Å². The van der Waals surface area contributed by atoms with Crippen molar-refractivity contribution in [2.24, 2.45) is 5.73 Å². The van der Waals surface area contributed by atoms with E-state index in [4.69, 9.17) is 5.73 Å². The minimum Gasteiger partial charge on any atom is -0.331 e. The predicted octanol–water partition coefficient (Wildman–Crippen LogP) is 0.529. The Labute approximate surface area is 79.5 Å². The molecule has 76 valence electrons. The molecule has 0 aromatic heterocycles. The van der Waals surface area contributed by atoms with E-state index in [9.17, 15) is 4.79 Å². The maximum Gasteiger partial charge on any atom is 0.317 e. The summed E-state index contributed by atoms with van der Waals surface area (Å²) in [6, 6.07) is -0.00681. The summed E-state index contributed by atoms with van der Waals surface area (Å²) in [7, 11) is 1.79. The maximum absolute atomic E-state index is 11.5. The van der Waals surface area contributed by atoms with E-state index >= 15 is 0 Å². The van der Waals surface area contributed by atoms with E-state index in [0.717, 1.165) is 19.4 Å². The molecule has 0 spiro atoms. The Hall–Kier alpha value is -0.770. The lowest BCUT2D eigenvalue weighted by Crippen LogP contribution is -2.60. The molecule has 0 aromatic rings. The van der Waals surface area contributed by atoms with Gasteiger partial charge in [0, 0.05) is 20.1 Å². The van der Waals surface area contributed by atoms with Crippen molar-refractivity contribution in [2.45, 2.75) is 31.7 Å². The molecule has 13 heavy (non-hydrogen) atoms. The molecule has 0 saturated heterocycles. The van der Waals surface area contributed by atoms with Crippen LogP contribution in [0.25, 0.3) is 0 Å². The fraction of sp³-hybridized carbons (Fsp3) is 0.889. The maximum atomic E-state index is 11.5. The summed E-state index contributed by atoms with van der Waals surface area (Å²) in [6.07, 6.45) is 3.22. The van der Waals surface area contributed by atoms with E-state index in [2.05, 4.69) is 5.32 Å². The Balaban J connectivity index is 2.42. The van der Waals surface area contributed by atoms with Gasteiger partial charge >= 0.3 is 6.03 Å². The quantitative estimate of drug-likeness (QED) is 0.674.